The van der Waals surface area contributed by atoms with Gasteiger partial charge in [-0.15, -0.1) is 0 Å². The van der Waals surface area contributed by atoms with Crippen LogP contribution in [-0.2, 0) is 11.3 Å². The van der Waals surface area contributed by atoms with Crippen molar-refractivity contribution in [2.24, 2.45) is 0 Å². The summed E-state index contributed by atoms with van der Waals surface area (Å²) in [5, 5.41) is 0.617. The number of methoxy groups -OCH3 is 6. The number of esters is 1. The summed E-state index contributed by atoms with van der Waals surface area (Å²) in [6, 6.07) is 5.30. The SMILES string of the molecule is COc1cc(-c2c3c(nc4c(OC)c(OC)c(OC)cc24)COC3=O)cc(OC)c1OC. The van der Waals surface area contributed by atoms with Gasteiger partial charge in [-0.05, 0) is 23.8 Å². The lowest BCUT2D eigenvalue weighted by molar-refractivity contribution is 0.0534. The molecule has 9 nitrogen and oxygen atoms in total. The number of carbonyl (C=O) groups is 1. The lowest BCUT2D eigenvalue weighted by atomic mass is 9.93. The summed E-state index contributed by atoms with van der Waals surface area (Å²) in [5.74, 6) is 2.08. The molecule has 0 fully saturated rings. The molecule has 168 valence electrons. The van der Waals surface area contributed by atoms with E-state index in [1.54, 1.807) is 18.2 Å². The second kappa shape index (κ2) is 8.33. The number of hydrogen-bond donors (Lipinski definition) is 0. The molecule has 0 atom stereocenters. The van der Waals surface area contributed by atoms with E-state index in [0.29, 0.717) is 67.8 Å². The van der Waals surface area contributed by atoms with Crippen molar-refractivity contribution in [1.82, 2.24) is 4.98 Å². The van der Waals surface area contributed by atoms with Crippen LogP contribution in [-0.4, -0.2) is 53.6 Å². The minimum atomic E-state index is -0.466. The lowest BCUT2D eigenvalue weighted by Gasteiger charge is -2.19. The van der Waals surface area contributed by atoms with Gasteiger partial charge in [-0.2, -0.15) is 0 Å². The molecule has 1 aliphatic rings. The van der Waals surface area contributed by atoms with Gasteiger partial charge in [0.05, 0.1) is 53.9 Å². The third-order valence-corrected chi connectivity index (χ3v) is 5.36. The first-order valence-electron chi connectivity index (χ1n) is 9.65. The fraction of sp³-hybridized carbons (Fsp3) is 0.304. The van der Waals surface area contributed by atoms with Crippen LogP contribution >= 0.6 is 0 Å². The fourth-order valence-electron chi connectivity index (χ4n) is 3.97. The summed E-state index contributed by atoms with van der Waals surface area (Å²) < 4.78 is 38.5. The van der Waals surface area contributed by atoms with E-state index in [-0.39, 0.29) is 6.61 Å². The molecular formula is C23H23NO8. The van der Waals surface area contributed by atoms with Crippen molar-refractivity contribution in [2.45, 2.75) is 6.61 Å². The Labute approximate surface area is 184 Å². The number of hydrogen-bond acceptors (Lipinski definition) is 9. The van der Waals surface area contributed by atoms with Gasteiger partial charge in [0.15, 0.2) is 23.0 Å². The van der Waals surface area contributed by atoms with Crippen molar-refractivity contribution < 1.29 is 38.0 Å². The van der Waals surface area contributed by atoms with Gasteiger partial charge in [0, 0.05) is 10.9 Å². The van der Waals surface area contributed by atoms with Crippen LogP contribution in [0.1, 0.15) is 16.1 Å². The number of aromatic nitrogens is 1. The summed E-state index contributed by atoms with van der Waals surface area (Å²) in [6.45, 7) is 0.0546. The zero-order chi connectivity index (χ0) is 23.0. The number of fused-ring (bicyclic) bond motifs is 2. The van der Waals surface area contributed by atoms with E-state index in [1.807, 2.05) is 0 Å². The first-order valence-corrected chi connectivity index (χ1v) is 9.65. The van der Waals surface area contributed by atoms with E-state index in [4.69, 9.17) is 33.2 Å². The summed E-state index contributed by atoms with van der Waals surface area (Å²) in [4.78, 5) is 17.4. The largest absolute Gasteiger partial charge is 0.493 e. The van der Waals surface area contributed by atoms with Crippen LogP contribution in [0.3, 0.4) is 0 Å². The first-order chi connectivity index (χ1) is 15.5. The van der Waals surface area contributed by atoms with Gasteiger partial charge in [-0.25, -0.2) is 9.78 Å². The Balaban J connectivity index is 2.18. The van der Waals surface area contributed by atoms with Crippen molar-refractivity contribution in [3.63, 3.8) is 0 Å². The molecule has 1 aromatic heterocycles. The van der Waals surface area contributed by atoms with E-state index in [2.05, 4.69) is 4.98 Å². The van der Waals surface area contributed by atoms with Gasteiger partial charge in [0.25, 0.3) is 0 Å². The molecule has 3 aromatic rings. The normalized spacial score (nSPS) is 12.2. The molecule has 0 amide bonds. The van der Waals surface area contributed by atoms with Gasteiger partial charge in [-0.1, -0.05) is 0 Å². The van der Waals surface area contributed by atoms with Crippen molar-refractivity contribution in [2.75, 3.05) is 42.7 Å². The highest BCUT2D eigenvalue weighted by molar-refractivity contribution is 6.11. The molecule has 0 spiro atoms. The quantitative estimate of drug-likeness (QED) is 0.510. The molecule has 2 heterocycles. The average Bonchev–Trinajstić information content (AvgIpc) is 3.20. The second-order valence-electron chi connectivity index (χ2n) is 6.84. The van der Waals surface area contributed by atoms with E-state index in [9.17, 15) is 4.79 Å². The molecule has 0 N–H and O–H groups in total. The van der Waals surface area contributed by atoms with E-state index in [1.165, 1.54) is 42.7 Å². The van der Waals surface area contributed by atoms with Crippen LogP contribution in [0.25, 0.3) is 22.0 Å². The molecule has 2 aromatic carbocycles. The third-order valence-electron chi connectivity index (χ3n) is 5.36. The molecule has 0 bridgehead atoms. The Kier molecular flexibility index (Phi) is 5.56. The molecule has 0 aliphatic carbocycles. The third kappa shape index (κ3) is 3.08. The fourth-order valence-corrected chi connectivity index (χ4v) is 3.97. The molecule has 1 aliphatic heterocycles. The number of benzene rings is 2. The van der Waals surface area contributed by atoms with Crippen LogP contribution in [0, 0.1) is 0 Å². The van der Waals surface area contributed by atoms with Gasteiger partial charge >= 0.3 is 5.97 Å². The lowest BCUT2D eigenvalue weighted by Crippen LogP contribution is -2.04. The highest BCUT2D eigenvalue weighted by Crippen LogP contribution is 2.49. The number of carbonyl (C=O) groups excluding carboxylic acids is 1. The van der Waals surface area contributed by atoms with Crippen molar-refractivity contribution in [3.05, 3.63) is 29.5 Å². The van der Waals surface area contributed by atoms with Crippen molar-refractivity contribution >= 4 is 16.9 Å². The Morgan fingerprint density at radius 1 is 0.719 bits per heavy atom. The molecule has 0 saturated heterocycles. The molecule has 32 heavy (non-hydrogen) atoms. The summed E-state index contributed by atoms with van der Waals surface area (Å²) in [6.07, 6.45) is 0. The van der Waals surface area contributed by atoms with Crippen molar-refractivity contribution in [1.29, 1.82) is 0 Å². The van der Waals surface area contributed by atoms with Gasteiger partial charge < -0.3 is 33.2 Å². The zero-order valence-electron chi connectivity index (χ0n) is 18.7. The maximum atomic E-state index is 12.7. The highest BCUT2D eigenvalue weighted by atomic mass is 16.5. The molecule has 0 radical (unpaired) electrons. The van der Waals surface area contributed by atoms with E-state index in [0.717, 1.165) is 0 Å². The number of ether oxygens (including phenoxy) is 7. The first kappa shape index (κ1) is 21.4. The average molecular weight is 441 g/mol. The minimum Gasteiger partial charge on any atom is -0.493 e. The van der Waals surface area contributed by atoms with Gasteiger partial charge in [-0.3, -0.25) is 0 Å². The van der Waals surface area contributed by atoms with E-state index >= 15 is 0 Å². The predicted octanol–water partition coefficient (Wildman–Crippen LogP) is 3.62. The number of nitrogens with zero attached hydrogens (tertiary/aromatic N) is 1. The Morgan fingerprint density at radius 2 is 1.28 bits per heavy atom. The zero-order valence-corrected chi connectivity index (χ0v) is 18.7. The van der Waals surface area contributed by atoms with Crippen LogP contribution < -0.4 is 28.4 Å². The summed E-state index contributed by atoms with van der Waals surface area (Å²) >= 11 is 0. The highest BCUT2D eigenvalue weighted by Gasteiger charge is 2.32. The topological polar surface area (TPSA) is 94.6 Å². The monoisotopic (exact) mass is 441 g/mol. The Hall–Kier alpha value is -3.88. The molecular weight excluding hydrogens is 418 g/mol. The summed E-state index contributed by atoms with van der Waals surface area (Å²) in [5.41, 5.74) is 2.60. The second-order valence-corrected chi connectivity index (χ2v) is 6.84. The number of rotatable bonds is 7. The van der Waals surface area contributed by atoms with Gasteiger partial charge in [0.1, 0.15) is 12.1 Å². The Bertz CT molecular complexity index is 1200. The predicted molar refractivity (Wildman–Crippen MR) is 116 cm³/mol. The van der Waals surface area contributed by atoms with Crippen LogP contribution in [0.15, 0.2) is 18.2 Å². The molecule has 4 rings (SSSR count). The maximum Gasteiger partial charge on any atom is 0.341 e. The standard InChI is InChI=1S/C23H23NO8/c1-26-14-7-11(8-15(27-2)20(14)29-4)17-12-9-16(28-3)21(30-5)22(31-6)19(12)24-13-10-32-23(25)18(13)17/h7-9H,10H2,1-6H3. The summed E-state index contributed by atoms with van der Waals surface area (Å²) in [7, 11) is 9.15. The van der Waals surface area contributed by atoms with Crippen LogP contribution in [0.2, 0.25) is 0 Å². The number of cyclic esters (lactones) is 1. The van der Waals surface area contributed by atoms with E-state index < -0.39 is 5.97 Å². The minimum absolute atomic E-state index is 0.0546. The Morgan fingerprint density at radius 3 is 1.81 bits per heavy atom. The molecule has 9 heteroatoms. The molecule has 0 unspecified atom stereocenters. The maximum absolute atomic E-state index is 12.7. The van der Waals surface area contributed by atoms with Crippen LogP contribution in [0.4, 0.5) is 0 Å². The number of pyridine rings is 1. The van der Waals surface area contributed by atoms with Gasteiger partial charge in [0.2, 0.25) is 11.5 Å². The van der Waals surface area contributed by atoms with Crippen molar-refractivity contribution in [3.8, 4) is 45.6 Å². The molecule has 0 saturated carbocycles. The van der Waals surface area contributed by atoms with Crippen LogP contribution in [0.5, 0.6) is 34.5 Å². The smallest absolute Gasteiger partial charge is 0.341 e.